The van der Waals surface area contributed by atoms with Gasteiger partial charge in [-0.3, -0.25) is 0 Å². The monoisotopic (exact) mass is 1890 g/mol. The van der Waals surface area contributed by atoms with Gasteiger partial charge in [0.2, 0.25) is 0 Å². The fraction of sp³-hybridized carbons (Fsp3) is 0.0141. The topological polar surface area (TPSA) is 34.8 Å². The molecule has 2 heterocycles. The maximum Gasteiger partial charge on any atom is 0.127 e. The minimum absolute atomic E-state index is 0.623. The first-order chi connectivity index (χ1) is 73.2. The summed E-state index contributed by atoms with van der Waals surface area (Å²) in [6.07, 6.45) is 3.69. The number of aromatic nitrogens is 2. The first kappa shape index (κ1) is 87.6. The average molecular weight is 1890 g/mol. The summed E-state index contributed by atoms with van der Waals surface area (Å²) >= 11 is 0. The van der Waals surface area contributed by atoms with Crippen LogP contribution >= 0.6 is 0 Å². The van der Waals surface area contributed by atoms with Gasteiger partial charge in [0.15, 0.2) is 0 Å². The Bertz CT molecular complexity index is 9690. The number of ether oxygens (including phenoxy) is 2. The Labute approximate surface area is 859 Å². The fourth-order valence-electron chi connectivity index (χ4n) is 23.6. The molecule has 0 radical (unpaired) electrons. The van der Waals surface area contributed by atoms with E-state index in [-0.39, 0.29) is 0 Å². The van der Waals surface area contributed by atoms with E-state index in [1.807, 2.05) is 60.7 Å². The van der Waals surface area contributed by atoms with Gasteiger partial charge in [-0.25, -0.2) is 0 Å². The van der Waals surface area contributed by atoms with Crippen molar-refractivity contribution in [2.24, 2.45) is 0 Å². The van der Waals surface area contributed by atoms with Crippen LogP contribution in [0.1, 0.15) is 55.6 Å². The second kappa shape index (κ2) is 36.5. The van der Waals surface area contributed by atoms with E-state index in [9.17, 15) is 0 Å². The number of fused-ring (bicyclic) bond motifs is 16. The van der Waals surface area contributed by atoms with Gasteiger partial charge in [-0.05, 0) is 337 Å². The molecule has 24 aromatic carbocycles. The summed E-state index contributed by atoms with van der Waals surface area (Å²) in [5.74, 6) is 3.12. The number of anilines is 6. The normalized spacial score (nSPS) is 13.8. The molecule has 0 bridgehead atoms. The Balaban J connectivity index is 0.000000146. The Hall–Kier alpha value is -19.4. The first-order valence-corrected chi connectivity index (χ1v) is 50.7. The lowest BCUT2D eigenvalue weighted by Gasteiger charge is -2.35. The van der Waals surface area contributed by atoms with Crippen LogP contribution in [-0.4, -0.2) is 9.13 Å². The van der Waals surface area contributed by atoms with Gasteiger partial charge in [-0.1, -0.05) is 377 Å². The molecule has 0 saturated heterocycles. The summed E-state index contributed by atoms with van der Waals surface area (Å²) in [7, 11) is 0. The highest BCUT2D eigenvalue weighted by atomic mass is 16.5. The summed E-state index contributed by atoms with van der Waals surface area (Å²) in [6.45, 7) is 7.83. The Kier molecular flexibility index (Phi) is 21.6. The smallest absolute Gasteiger partial charge is 0.127 e. The van der Waals surface area contributed by atoms with Gasteiger partial charge in [0.05, 0.1) is 32.9 Å². The van der Waals surface area contributed by atoms with Gasteiger partial charge in [0.1, 0.15) is 23.0 Å². The van der Waals surface area contributed by atoms with Crippen LogP contribution in [0.25, 0.3) is 155 Å². The largest absolute Gasteiger partial charge is 0.457 e. The van der Waals surface area contributed by atoms with Crippen molar-refractivity contribution in [3.8, 4) is 78.9 Å². The zero-order valence-corrected chi connectivity index (χ0v) is 81.1. The third-order valence-corrected chi connectivity index (χ3v) is 30.5. The van der Waals surface area contributed by atoms with Crippen LogP contribution < -0.4 is 19.3 Å². The van der Waals surface area contributed by atoms with Crippen LogP contribution in [0, 0.1) is 0 Å². The van der Waals surface area contributed by atoms with Crippen molar-refractivity contribution in [3.63, 3.8) is 0 Å². The number of hydrogen-bond acceptors (Lipinski definition) is 4. The van der Waals surface area contributed by atoms with E-state index in [0.717, 1.165) is 90.8 Å². The van der Waals surface area contributed by atoms with Crippen LogP contribution in [0.15, 0.2) is 559 Å². The van der Waals surface area contributed by atoms with Gasteiger partial charge in [-0.15, -0.1) is 0 Å². The van der Waals surface area contributed by atoms with Gasteiger partial charge >= 0.3 is 0 Å². The lowest BCUT2D eigenvalue weighted by molar-refractivity contribution is 0.482. The number of nitrogens with zero attached hydrogens (tertiary/aromatic N) is 4. The van der Waals surface area contributed by atoms with E-state index in [1.54, 1.807) is 0 Å². The van der Waals surface area contributed by atoms with E-state index >= 15 is 0 Å². The molecule has 28 rings (SSSR count). The Morgan fingerprint density at radius 1 is 0.189 bits per heavy atom. The molecule has 0 saturated carbocycles. The Morgan fingerprint density at radius 3 is 0.959 bits per heavy atom. The minimum atomic E-state index is -0.669. The SMILES string of the molecule is C=Cc1ccc(Oc2ccc(C3(c4ccc5ccccc5c4)c4ccccc4-c4ccc(N(c5ccc(-c6ccc7c(c6)c6ccccc6n7-c6ccccc6)cc5)c5ccc6ccccc6c5)cc43)cc2)cc1.C=Cc1ccc(Oc2ccc(C3(c4ccccc4)c4ccccc4-c4ccc(N(c5ccc6ccccc6c5)c5ccc6cc(-c7ccc8c(c7)c7ccccc7n8-c7ccccc7)ccc6c5)cc43)cc2)cc1. The standard InChI is InChI=1S/2C71H48N2O/c1-2-48-25-37-61(38-26-48)74-62-39-32-56(33-40-62)71(55-17-5-3-6-18-55)67-23-13-11-21-63(67)64-41-36-60(47-68(64)71)72(58-34-29-49-15-9-10-16-50(49)44-58)59-35-30-52-43-51(27-28-53(52)45-59)54-31-42-70-66(46-54)65-22-12-14-24-69(65)73(70)57-19-7-4-8-20-57;1-2-48-24-38-61(39-25-48)74-62-40-32-55(33-41-62)71(56-31-26-49-14-6-8-16-52(49)44-56)67-22-12-10-20-63(67)64-42-37-60(47-68(64)71)72(59-36-29-50-15-7-9-17-53(50)45-59)58-34-27-51(28-35-58)54-30-43-70-66(46-54)65-21-11-13-23-69(65)73(70)57-18-4-3-5-19-57/h2*2-47H,1H2. The minimum Gasteiger partial charge on any atom is -0.457 e. The molecule has 0 N–H and O–H groups in total. The van der Waals surface area contributed by atoms with Crippen LogP contribution in [0.2, 0.25) is 0 Å². The molecule has 0 aliphatic heterocycles. The fourth-order valence-corrected chi connectivity index (χ4v) is 23.6. The highest BCUT2D eigenvalue weighted by molar-refractivity contribution is 6.13. The van der Waals surface area contributed by atoms with Crippen molar-refractivity contribution in [1.82, 2.24) is 9.13 Å². The highest BCUT2D eigenvalue weighted by Crippen LogP contribution is 2.61. The second-order valence-corrected chi connectivity index (χ2v) is 38.6. The summed E-state index contributed by atoms with van der Waals surface area (Å²) in [4.78, 5) is 4.86. The average Bonchev–Trinajstić information content (AvgIpc) is 1.53. The van der Waals surface area contributed by atoms with Crippen molar-refractivity contribution < 1.29 is 9.47 Å². The lowest BCUT2D eigenvalue weighted by Crippen LogP contribution is -2.28. The number of hydrogen-bond donors (Lipinski definition) is 0. The predicted molar refractivity (Wildman–Crippen MR) is 620 cm³/mol. The maximum absolute atomic E-state index is 6.46. The highest BCUT2D eigenvalue weighted by Gasteiger charge is 2.49. The zero-order valence-electron chi connectivity index (χ0n) is 81.1. The molecular formula is C142H96N4O2. The first-order valence-electron chi connectivity index (χ1n) is 50.7. The third-order valence-electron chi connectivity index (χ3n) is 30.5. The van der Waals surface area contributed by atoms with Crippen molar-refractivity contribution in [1.29, 1.82) is 0 Å². The van der Waals surface area contributed by atoms with Gasteiger partial charge in [0.25, 0.3) is 0 Å². The van der Waals surface area contributed by atoms with E-state index in [4.69, 9.17) is 9.47 Å². The number of benzene rings is 24. The molecule has 2 aromatic heterocycles. The zero-order chi connectivity index (χ0) is 98.3. The van der Waals surface area contributed by atoms with Crippen LogP contribution in [-0.2, 0) is 10.8 Å². The molecule has 2 aliphatic carbocycles. The second-order valence-electron chi connectivity index (χ2n) is 38.6. The molecule has 2 atom stereocenters. The summed E-state index contributed by atoms with van der Waals surface area (Å²) in [5, 5.41) is 14.5. The van der Waals surface area contributed by atoms with Crippen molar-refractivity contribution in [3.05, 3.63) is 615 Å². The number of para-hydroxylation sites is 4. The Morgan fingerprint density at radius 2 is 0.486 bits per heavy atom. The van der Waals surface area contributed by atoms with E-state index in [1.165, 1.54) is 165 Å². The van der Waals surface area contributed by atoms with Gasteiger partial charge < -0.3 is 28.4 Å². The molecule has 6 heteroatoms. The number of rotatable bonds is 20. The molecule has 696 valence electrons. The summed E-state index contributed by atoms with van der Waals surface area (Å²) in [5.41, 5.74) is 33.7. The van der Waals surface area contributed by atoms with Crippen molar-refractivity contribution in [2.45, 2.75) is 10.8 Å². The van der Waals surface area contributed by atoms with Gasteiger partial charge in [0, 0.05) is 67.0 Å². The summed E-state index contributed by atoms with van der Waals surface area (Å²) in [6, 6.07) is 199. The molecule has 0 spiro atoms. The van der Waals surface area contributed by atoms with Crippen LogP contribution in [0.4, 0.5) is 34.1 Å². The lowest BCUT2D eigenvalue weighted by atomic mass is 9.67. The van der Waals surface area contributed by atoms with E-state index in [0.29, 0.717) is 0 Å². The van der Waals surface area contributed by atoms with Crippen molar-refractivity contribution >= 4 is 133 Å². The quantitative estimate of drug-likeness (QED) is 0.0762. The van der Waals surface area contributed by atoms with E-state index < -0.39 is 10.8 Å². The van der Waals surface area contributed by atoms with Crippen LogP contribution in [0.5, 0.6) is 23.0 Å². The molecule has 6 nitrogen and oxygen atoms in total. The molecule has 2 unspecified atom stereocenters. The molecule has 0 amide bonds. The molecule has 2 aliphatic rings. The van der Waals surface area contributed by atoms with Gasteiger partial charge in [-0.2, -0.15) is 0 Å². The van der Waals surface area contributed by atoms with E-state index in [2.05, 4.69) is 530 Å². The summed E-state index contributed by atoms with van der Waals surface area (Å²) < 4.78 is 17.6. The third kappa shape index (κ3) is 15.0. The molecule has 148 heavy (non-hydrogen) atoms. The molecular weight excluding hydrogens is 1790 g/mol. The van der Waals surface area contributed by atoms with Crippen molar-refractivity contribution in [2.75, 3.05) is 9.80 Å². The predicted octanol–water partition coefficient (Wildman–Crippen LogP) is 38.1. The molecule has 0 fully saturated rings. The molecule has 26 aromatic rings. The maximum atomic E-state index is 6.46. The van der Waals surface area contributed by atoms with Crippen LogP contribution in [0.3, 0.4) is 0 Å².